The van der Waals surface area contributed by atoms with Crippen molar-refractivity contribution < 1.29 is 9.90 Å². The lowest BCUT2D eigenvalue weighted by Crippen LogP contribution is -2.37. The molecule has 2 rings (SSSR count). The third-order valence-corrected chi connectivity index (χ3v) is 3.70. The SMILES string of the molecule is NC1CCC2(CC2)CC1CC(=O)O. The molecule has 0 aromatic carbocycles. The van der Waals surface area contributed by atoms with Gasteiger partial charge in [0.1, 0.15) is 0 Å². The molecule has 0 amide bonds. The zero-order chi connectivity index (χ0) is 9.47. The molecule has 2 aliphatic carbocycles. The van der Waals surface area contributed by atoms with Crippen molar-refractivity contribution in [2.75, 3.05) is 0 Å². The van der Waals surface area contributed by atoms with Gasteiger partial charge < -0.3 is 10.8 Å². The van der Waals surface area contributed by atoms with Crippen LogP contribution in [0.25, 0.3) is 0 Å². The van der Waals surface area contributed by atoms with Gasteiger partial charge in [-0.25, -0.2) is 0 Å². The molecule has 2 saturated carbocycles. The largest absolute Gasteiger partial charge is 0.481 e. The first-order chi connectivity index (χ1) is 6.11. The molecule has 0 aliphatic heterocycles. The first kappa shape index (κ1) is 9.00. The highest BCUT2D eigenvalue weighted by molar-refractivity contribution is 5.67. The van der Waals surface area contributed by atoms with Gasteiger partial charge in [-0.05, 0) is 43.4 Å². The Bertz CT molecular complexity index is 223. The van der Waals surface area contributed by atoms with E-state index in [4.69, 9.17) is 10.8 Å². The van der Waals surface area contributed by atoms with Gasteiger partial charge in [0, 0.05) is 12.5 Å². The zero-order valence-corrected chi connectivity index (χ0v) is 7.83. The highest BCUT2D eigenvalue weighted by atomic mass is 16.4. The number of rotatable bonds is 2. The van der Waals surface area contributed by atoms with Gasteiger partial charge in [-0.15, -0.1) is 0 Å². The summed E-state index contributed by atoms with van der Waals surface area (Å²) >= 11 is 0. The lowest BCUT2D eigenvalue weighted by Gasteiger charge is -2.33. The van der Waals surface area contributed by atoms with Crippen molar-refractivity contribution in [1.29, 1.82) is 0 Å². The number of carbonyl (C=O) groups is 1. The summed E-state index contributed by atoms with van der Waals surface area (Å²) in [5.74, 6) is -0.466. The van der Waals surface area contributed by atoms with E-state index in [9.17, 15) is 4.79 Å². The number of carboxylic acids is 1. The van der Waals surface area contributed by atoms with E-state index in [1.54, 1.807) is 0 Å². The van der Waals surface area contributed by atoms with Crippen LogP contribution >= 0.6 is 0 Å². The third-order valence-electron chi connectivity index (χ3n) is 3.70. The molecule has 0 aromatic heterocycles. The van der Waals surface area contributed by atoms with E-state index in [1.165, 1.54) is 19.3 Å². The monoisotopic (exact) mass is 183 g/mol. The number of carboxylic acid groups (broad SMARTS) is 1. The van der Waals surface area contributed by atoms with E-state index in [1.807, 2.05) is 0 Å². The molecule has 0 heterocycles. The Balaban J connectivity index is 1.95. The van der Waals surface area contributed by atoms with E-state index in [0.29, 0.717) is 5.41 Å². The molecule has 0 bridgehead atoms. The Hall–Kier alpha value is -0.570. The van der Waals surface area contributed by atoms with Crippen molar-refractivity contribution in [3.8, 4) is 0 Å². The first-order valence-corrected chi connectivity index (χ1v) is 5.09. The van der Waals surface area contributed by atoms with Crippen molar-refractivity contribution in [2.45, 2.75) is 44.6 Å². The Labute approximate surface area is 78.3 Å². The molecule has 1 spiro atoms. The molecule has 0 saturated heterocycles. The highest BCUT2D eigenvalue weighted by Gasteiger charge is 2.48. The Morgan fingerprint density at radius 2 is 2.15 bits per heavy atom. The maximum atomic E-state index is 10.6. The van der Waals surface area contributed by atoms with E-state index < -0.39 is 5.97 Å². The average molecular weight is 183 g/mol. The van der Waals surface area contributed by atoms with E-state index in [0.717, 1.165) is 12.8 Å². The van der Waals surface area contributed by atoms with Crippen LogP contribution < -0.4 is 5.73 Å². The van der Waals surface area contributed by atoms with Crippen LogP contribution in [0.1, 0.15) is 38.5 Å². The normalized spacial score (nSPS) is 36.1. The van der Waals surface area contributed by atoms with E-state index in [-0.39, 0.29) is 18.4 Å². The Kier molecular flexibility index (Phi) is 2.06. The minimum absolute atomic E-state index is 0.127. The number of hydrogen-bond donors (Lipinski definition) is 2. The fourth-order valence-corrected chi connectivity index (χ4v) is 2.60. The van der Waals surface area contributed by atoms with Crippen LogP contribution in [-0.2, 0) is 4.79 Å². The van der Waals surface area contributed by atoms with Crippen LogP contribution in [-0.4, -0.2) is 17.1 Å². The Morgan fingerprint density at radius 1 is 1.46 bits per heavy atom. The summed E-state index contributed by atoms with van der Waals surface area (Å²) in [5.41, 5.74) is 6.44. The van der Waals surface area contributed by atoms with E-state index in [2.05, 4.69) is 0 Å². The summed E-state index contributed by atoms with van der Waals surface area (Å²) < 4.78 is 0. The standard InChI is InChI=1S/C10H17NO2/c11-8-1-2-10(3-4-10)6-7(8)5-9(12)13/h7-8H,1-6,11H2,(H,12,13). The smallest absolute Gasteiger partial charge is 0.303 e. The maximum absolute atomic E-state index is 10.6. The van der Waals surface area contributed by atoms with Crippen molar-refractivity contribution in [3.05, 3.63) is 0 Å². The number of hydrogen-bond acceptors (Lipinski definition) is 2. The lowest BCUT2D eigenvalue weighted by molar-refractivity contribution is -0.138. The first-order valence-electron chi connectivity index (χ1n) is 5.09. The summed E-state index contributed by atoms with van der Waals surface area (Å²) in [4.78, 5) is 10.6. The number of aliphatic carboxylic acids is 1. The quantitative estimate of drug-likeness (QED) is 0.679. The molecule has 2 atom stereocenters. The fraction of sp³-hybridized carbons (Fsp3) is 0.900. The predicted octanol–water partition coefficient (Wildman–Crippen LogP) is 1.37. The van der Waals surface area contributed by atoms with Gasteiger partial charge in [0.05, 0.1) is 0 Å². The molecule has 2 aliphatic rings. The fourth-order valence-electron chi connectivity index (χ4n) is 2.60. The van der Waals surface area contributed by atoms with Crippen LogP contribution in [0.4, 0.5) is 0 Å². The van der Waals surface area contributed by atoms with Gasteiger partial charge in [0.2, 0.25) is 0 Å². The number of nitrogens with two attached hydrogens (primary N) is 1. The minimum Gasteiger partial charge on any atom is -0.481 e. The molecular formula is C10H17NO2. The lowest BCUT2D eigenvalue weighted by atomic mass is 9.75. The van der Waals surface area contributed by atoms with Gasteiger partial charge in [-0.3, -0.25) is 4.79 Å². The third kappa shape index (κ3) is 1.85. The second-order valence-corrected chi connectivity index (χ2v) is 4.76. The van der Waals surface area contributed by atoms with Gasteiger partial charge >= 0.3 is 5.97 Å². The molecule has 13 heavy (non-hydrogen) atoms. The van der Waals surface area contributed by atoms with Crippen LogP contribution in [0.2, 0.25) is 0 Å². The average Bonchev–Trinajstić information content (AvgIpc) is 2.78. The maximum Gasteiger partial charge on any atom is 0.303 e. The zero-order valence-electron chi connectivity index (χ0n) is 7.83. The summed E-state index contributed by atoms with van der Waals surface area (Å²) in [6.07, 6.45) is 6.18. The van der Waals surface area contributed by atoms with Gasteiger partial charge in [-0.2, -0.15) is 0 Å². The Morgan fingerprint density at radius 3 is 2.69 bits per heavy atom. The molecular weight excluding hydrogens is 166 g/mol. The molecule has 74 valence electrons. The summed E-state index contributed by atoms with van der Waals surface area (Å²) in [7, 11) is 0. The van der Waals surface area contributed by atoms with E-state index >= 15 is 0 Å². The highest BCUT2D eigenvalue weighted by Crippen LogP contribution is 2.57. The van der Waals surface area contributed by atoms with Crippen molar-refractivity contribution in [2.24, 2.45) is 17.1 Å². The minimum atomic E-state index is -0.696. The van der Waals surface area contributed by atoms with Crippen LogP contribution in [0.15, 0.2) is 0 Å². The molecule has 2 unspecified atom stereocenters. The topological polar surface area (TPSA) is 63.3 Å². The molecule has 3 nitrogen and oxygen atoms in total. The van der Waals surface area contributed by atoms with Crippen LogP contribution in [0.5, 0.6) is 0 Å². The molecule has 0 aromatic rings. The predicted molar refractivity (Wildman–Crippen MR) is 49.2 cm³/mol. The van der Waals surface area contributed by atoms with Gasteiger partial charge in [0.25, 0.3) is 0 Å². The summed E-state index contributed by atoms with van der Waals surface area (Å²) in [5, 5.41) is 8.72. The van der Waals surface area contributed by atoms with Crippen molar-refractivity contribution >= 4 is 5.97 Å². The second kappa shape index (κ2) is 2.98. The van der Waals surface area contributed by atoms with Crippen LogP contribution in [0, 0.1) is 11.3 Å². The molecule has 2 fully saturated rings. The van der Waals surface area contributed by atoms with Crippen molar-refractivity contribution in [3.63, 3.8) is 0 Å². The summed E-state index contributed by atoms with van der Waals surface area (Å²) in [6, 6.07) is 0.127. The van der Waals surface area contributed by atoms with Crippen molar-refractivity contribution in [1.82, 2.24) is 0 Å². The second-order valence-electron chi connectivity index (χ2n) is 4.76. The molecule has 3 N–H and O–H groups in total. The van der Waals surface area contributed by atoms with Crippen LogP contribution in [0.3, 0.4) is 0 Å². The summed E-state index contributed by atoms with van der Waals surface area (Å²) in [6.45, 7) is 0. The van der Waals surface area contributed by atoms with Gasteiger partial charge in [-0.1, -0.05) is 0 Å². The molecule has 3 heteroatoms. The van der Waals surface area contributed by atoms with Gasteiger partial charge in [0.15, 0.2) is 0 Å². The molecule has 0 radical (unpaired) electrons.